The van der Waals surface area contributed by atoms with E-state index >= 15 is 0 Å². The minimum absolute atomic E-state index is 0.106. The highest BCUT2D eigenvalue weighted by atomic mass is 35.5. The molecule has 1 aromatic carbocycles. The molecule has 0 aliphatic carbocycles. The average Bonchev–Trinajstić information content (AvgIpc) is 2.40. The second-order valence-electron chi connectivity index (χ2n) is 4.46. The van der Waals surface area contributed by atoms with Crippen molar-refractivity contribution in [3.8, 4) is 5.75 Å². The fourth-order valence-electron chi connectivity index (χ4n) is 1.58. The van der Waals surface area contributed by atoms with Crippen molar-refractivity contribution >= 4 is 39.4 Å². The lowest BCUT2D eigenvalue weighted by atomic mass is 10.2. The van der Waals surface area contributed by atoms with Crippen LogP contribution < -0.4 is 16.4 Å². The lowest BCUT2D eigenvalue weighted by Gasteiger charge is -2.14. The Bertz CT molecular complexity index is 750. The molecule has 10 nitrogen and oxygen atoms in total. The Hall–Kier alpha value is -2.08. The van der Waals surface area contributed by atoms with Crippen LogP contribution in [0, 0.1) is 6.92 Å². The summed E-state index contributed by atoms with van der Waals surface area (Å²) in [7, 11) is -4.79. The molecule has 0 aliphatic rings. The Labute approximate surface area is 136 Å². The number of nitrogens with two attached hydrogens (primary N) is 1. The van der Waals surface area contributed by atoms with E-state index in [4.69, 9.17) is 27.0 Å². The molecule has 0 spiro atoms. The van der Waals surface area contributed by atoms with E-state index in [9.17, 15) is 23.1 Å². The van der Waals surface area contributed by atoms with Crippen molar-refractivity contribution in [1.29, 1.82) is 0 Å². The summed E-state index contributed by atoms with van der Waals surface area (Å²) in [5, 5.41) is 22.5. The van der Waals surface area contributed by atoms with Crippen molar-refractivity contribution in [2.75, 3.05) is 11.9 Å². The quantitative estimate of drug-likeness (QED) is 0.314. The van der Waals surface area contributed by atoms with Gasteiger partial charge in [0.1, 0.15) is 10.9 Å². The first-order chi connectivity index (χ1) is 10.4. The number of carboxylic acid groups (broad SMARTS) is 1. The third kappa shape index (κ3) is 4.69. The molecule has 0 bridgehead atoms. The summed E-state index contributed by atoms with van der Waals surface area (Å²) in [6, 6.07) is -1.24. The lowest BCUT2D eigenvalue weighted by molar-refractivity contribution is -0.138. The Morgan fingerprint density at radius 3 is 2.48 bits per heavy atom. The number of nitrogens with one attached hydrogen (secondary N) is 2. The molecular weight excluding hydrogens is 354 g/mol. The maximum Gasteiger partial charge on any atom is 0.322 e. The number of amides is 2. The van der Waals surface area contributed by atoms with Gasteiger partial charge in [-0.05, 0) is 18.6 Å². The fraction of sp³-hybridized carbons (Fsp3) is 0.273. The summed E-state index contributed by atoms with van der Waals surface area (Å²) in [6.07, 6.45) is 0. The molecule has 0 aliphatic heterocycles. The summed E-state index contributed by atoms with van der Waals surface area (Å²) in [4.78, 5) is 21.3. The highest BCUT2D eigenvalue weighted by molar-refractivity contribution is 7.86. The second kappa shape index (κ2) is 7.00. The summed E-state index contributed by atoms with van der Waals surface area (Å²) < 4.78 is 31.7. The maximum absolute atomic E-state index is 11.6. The summed E-state index contributed by atoms with van der Waals surface area (Å²) in [6.45, 7) is 0.841. The van der Waals surface area contributed by atoms with Gasteiger partial charge in [-0.1, -0.05) is 11.6 Å². The van der Waals surface area contributed by atoms with E-state index in [2.05, 4.69) is 10.6 Å². The standard InChI is InChI=1S/C11H14ClN3O7S/c1-4-5(12)2-7(8(16)9(4)23(20,21)22)15-11(19)14-3-6(13)10(17)18/h2,6,16H,3,13H2,1H3,(H,17,18)(H2,14,15,19)(H,20,21,22). The zero-order valence-electron chi connectivity index (χ0n) is 11.7. The van der Waals surface area contributed by atoms with Gasteiger partial charge >= 0.3 is 12.0 Å². The minimum Gasteiger partial charge on any atom is -0.504 e. The van der Waals surface area contributed by atoms with Crippen molar-refractivity contribution in [2.24, 2.45) is 5.73 Å². The maximum atomic E-state index is 11.6. The van der Waals surface area contributed by atoms with Crippen LogP contribution >= 0.6 is 11.6 Å². The first-order valence-electron chi connectivity index (χ1n) is 5.98. The highest BCUT2D eigenvalue weighted by Crippen LogP contribution is 2.38. The predicted molar refractivity (Wildman–Crippen MR) is 80.3 cm³/mol. The van der Waals surface area contributed by atoms with Crippen LogP contribution in [-0.2, 0) is 14.9 Å². The largest absolute Gasteiger partial charge is 0.504 e. The van der Waals surface area contributed by atoms with Gasteiger partial charge in [-0.3, -0.25) is 9.35 Å². The lowest BCUT2D eigenvalue weighted by Crippen LogP contribution is -2.43. The molecular formula is C11H14ClN3O7S. The van der Waals surface area contributed by atoms with Gasteiger partial charge in [-0.15, -0.1) is 0 Å². The second-order valence-corrected chi connectivity index (χ2v) is 6.23. The minimum atomic E-state index is -4.79. The number of hydrogen-bond donors (Lipinski definition) is 6. The number of carbonyl (C=O) groups excluding carboxylic acids is 1. The molecule has 0 radical (unpaired) electrons. The van der Waals surface area contributed by atoms with Gasteiger partial charge in [0.25, 0.3) is 10.1 Å². The molecule has 2 amide bonds. The topological polar surface area (TPSA) is 179 Å². The molecule has 1 unspecified atom stereocenters. The van der Waals surface area contributed by atoms with Crippen molar-refractivity contribution in [1.82, 2.24) is 5.32 Å². The molecule has 0 heterocycles. The SMILES string of the molecule is Cc1c(Cl)cc(NC(=O)NCC(N)C(=O)O)c(O)c1S(=O)(=O)O. The molecule has 0 saturated heterocycles. The molecule has 1 rings (SSSR count). The van der Waals surface area contributed by atoms with Crippen LogP contribution in [0.3, 0.4) is 0 Å². The van der Waals surface area contributed by atoms with Crippen LogP contribution in [0.15, 0.2) is 11.0 Å². The number of rotatable bonds is 5. The number of hydrogen-bond acceptors (Lipinski definition) is 6. The first-order valence-corrected chi connectivity index (χ1v) is 7.79. The van der Waals surface area contributed by atoms with Crippen LogP contribution in [0.2, 0.25) is 5.02 Å². The van der Waals surface area contributed by atoms with Gasteiger partial charge < -0.3 is 26.6 Å². The zero-order chi connectivity index (χ0) is 17.9. The third-order valence-corrected chi connectivity index (χ3v) is 4.15. The Balaban J connectivity index is 3.04. The summed E-state index contributed by atoms with van der Waals surface area (Å²) in [5.41, 5.74) is 4.69. The number of aromatic hydroxyl groups is 1. The molecule has 23 heavy (non-hydrogen) atoms. The van der Waals surface area contributed by atoms with Crippen molar-refractivity contribution in [2.45, 2.75) is 17.9 Å². The fourth-order valence-corrected chi connectivity index (χ4v) is 2.69. The smallest absolute Gasteiger partial charge is 0.322 e. The summed E-state index contributed by atoms with van der Waals surface area (Å²) >= 11 is 5.79. The highest BCUT2D eigenvalue weighted by Gasteiger charge is 2.24. The Morgan fingerprint density at radius 2 is 2.00 bits per heavy atom. The van der Waals surface area contributed by atoms with Crippen LogP contribution in [-0.4, -0.2) is 47.8 Å². The Kier molecular flexibility index (Phi) is 5.77. The van der Waals surface area contributed by atoms with E-state index in [1.165, 1.54) is 6.92 Å². The van der Waals surface area contributed by atoms with Crippen LogP contribution in [0.1, 0.15) is 5.56 Å². The van der Waals surface area contributed by atoms with Gasteiger partial charge in [-0.2, -0.15) is 8.42 Å². The van der Waals surface area contributed by atoms with E-state index in [0.29, 0.717) is 0 Å². The monoisotopic (exact) mass is 367 g/mol. The number of halogens is 1. The van der Waals surface area contributed by atoms with Crippen molar-refractivity contribution < 1.29 is 32.8 Å². The number of urea groups is 1. The number of phenolic OH excluding ortho intramolecular Hbond substituents is 1. The number of phenols is 1. The van der Waals surface area contributed by atoms with Gasteiger partial charge in [0.05, 0.1) is 5.69 Å². The van der Waals surface area contributed by atoms with E-state index in [0.717, 1.165) is 6.07 Å². The first kappa shape index (κ1) is 19.0. The van der Waals surface area contributed by atoms with E-state index in [1.54, 1.807) is 0 Å². The van der Waals surface area contributed by atoms with Crippen LogP contribution in [0.25, 0.3) is 0 Å². The molecule has 0 saturated carbocycles. The van der Waals surface area contributed by atoms with Crippen LogP contribution in [0.5, 0.6) is 5.75 Å². The number of anilines is 1. The van der Waals surface area contributed by atoms with Gasteiger partial charge in [0.15, 0.2) is 5.75 Å². The van der Waals surface area contributed by atoms with Gasteiger partial charge in [0, 0.05) is 11.6 Å². The number of carboxylic acids is 1. The third-order valence-electron chi connectivity index (χ3n) is 2.75. The van der Waals surface area contributed by atoms with E-state index in [-0.39, 0.29) is 10.6 Å². The molecule has 7 N–H and O–H groups in total. The normalized spacial score (nSPS) is 12.5. The molecule has 12 heteroatoms. The molecule has 128 valence electrons. The predicted octanol–water partition coefficient (Wildman–Crippen LogP) is 0.134. The van der Waals surface area contributed by atoms with Gasteiger partial charge in [0.2, 0.25) is 0 Å². The van der Waals surface area contributed by atoms with Crippen molar-refractivity contribution in [3.63, 3.8) is 0 Å². The average molecular weight is 368 g/mol. The van der Waals surface area contributed by atoms with Gasteiger partial charge in [-0.25, -0.2) is 4.79 Å². The molecule has 0 aromatic heterocycles. The number of benzene rings is 1. The zero-order valence-corrected chi connectivity index (χ0v) is 13.3. The molecule has 0 fully saturated rings. The van der Waals surface area contributed by atoms with E-state index in [1.807, 2.05) is 0 Å². The molecule has 1 aromatic rings. The summed E-state index contributed by atoms with van der Waals surface area (Å²) in [5.74, 6) is -2.24. The molecule has 1 atom stereocenters. The van der Waals surface area contributed by atoms with E-state index < -0.39 is 51.0 Å². The Morgan fingerprint density at radius 1 is 1.43 bits per heavy atom. The van der Waals surface area contributed by atoms with Crippen molar-refractivity contribution in [3.05, 3.63) is 16.7 Å². The van der Waals surface area contributed by atoms with Crippen LogP contribution in [0.4, 0.5) is 10.5 Å². The number of aliphatic carboxylic acids is 1. The number of carbonyl (C=O) groups is 2.